The van der Waals surface area contributed by atoms with E-state index in [1.165, 1.54) is 29.1 Å². The van der Waals surface area contributed by atoms with Gasteiger partial charge in [-0.1, -0.05) is 35.8 Å². The number of benzene rings is 3. The molecule has 4 rings (SSSR count). The van der Waals surface area contributed by atoms with Crippen LogP contribution in [-0.4, -0.2) is 35.0 Å². The molecule has 1 N–H and O–H groups in total. The van der Waals surface area contributed by atoms with Gasteiger partial charge < -0.3 is 14.8 Å². The van der Waals surface area contributed by atoms with E-state index in [1.54, 1.807) is 24.3 Å². The molecule has 0 saturated carbocycles. The van der Waals surface area contributed by atoms with Gasteiger partial charge in [0.15, 0.2) is 18.1 Å². The van der Waals surface area contributed by atoms with Gasteiger partial charge in [0.1, 0.15) is 11.6 Å². The second-order valence-corrected chi connectivity index (χ2v) is 11.5. The molecular weight excluding hydrogens is 727 g/mol. The minimum Gasteiger partial charge on any atom is -0.490 e. The zero-order valence-corrected chi connectivity index (χ0v) is 27.1. The SMILES string of the molecule is CCOc1cc(C=Nn2c([C@H](C)CC)nc3ccc(Br)cc3c2=O)c(Br)c(Br)c1OCC(=O)Nc1cccc(F)c1. The maximum atomic E-state index is 13.5. The minimum atomic E-state index is -0.473. The fraction of sp³-hybridized carbons (Fsp3) is 0.241. The lowest BCUT2D eigenvalue weighted by Gasteiger charge is -2.17. The summed E-state index contributed by atoms with van der Waals surface area (Å²) in [5, 5.41) is 7.58. The Morgan fingerprint density at radius 3 is 2.61 bits per heavy atom. The number of rotatable bonds is 10. The number of aromatic nitrogens is 2. The molecule has 12 heteroatoms. The van der Waals surface area contributed by atoms with Gasteiger partial charge in [0.2, 0.25) is 0 Å². The molecule has 214 valence electrons. The average molecular weight is 753 g/mol. The highest BCUT2D eigenvalue weighted by Crippen LogP contribution is 2.42. The van der Waals surface area contributed by atoms with Crippen LogP contribution in [-0.2, 0) is 4.79 Å². The Kier molecular flexibility index (Phi) is 10.3. The number of fused-ring (bicyclic) bond motifs is 1. The largest absolute Gasteiger partial charge is 0.490 e. The number of nitrogens with one attached hydrogen (secondary N) is 1. The first kappa shape index (κ1) is 30.9. The van der Waals surface area contributed by atoms with E-state index in [1.807, 2.05) is 26.8 Å². The van der Waals surface area contributed by atoms with E-state index >= 15 is 0 Å². The molecular formula is C29H26Br3FN4O4. The second-order valence-electron chi connectivity index (χ2n) is 9.00. The van der Waals surface area contributed by atoms with Gasteiger partial charge in [-0.05, 0) is 87.7 Å². The highest BCUT2D eigenvalue weighted by molar-refractivity contribution is 9.13. The molecule has 0 spiro atoms. The lowest BCUT2D eigenvalue weighted by molar-refractivity contribution is -0.118. The lowest BCUT2D eigenvalue weighted by atomic mass is 10.1. The van der Waals surface area contributed by atoms with Gasteiger partial charge in [0.05, 0.1) is 28.2 Å². The second kappa shape index (κ2) is 13.7. The molecule has 0 unspecified atom stereocenters. The Balaban J connectivity index is 1.67. The first-order valence-electron chi connectivity index (χ1n) is 12.7. The van der Waals surface area contributed by atoms with E-state index in [0.29, 0.717) is 55.0 Å². The van der Waals surface area contributed by atoms with Gasteiger partial charge in [0.25, 0.3) is 11.5 Å². The Morgan fingerprint density at radius 2 is 1.90 bits per heavy atom. The lowest BCUT2D eigenvalue weighted by Crippen LogP contribution is -2.23. The van der Waals surface area contributed by atoms with Crippen molar-refractivity contribution in [2.45, 2.75) is 33.1 Å². The third-order valence-corrected chi connectivity index (χ3v) is 8.75. The standard InChI is InChI=1S/C29H26Br3FN4O4/c1-4-16(3)28-36-22-10-9-18(30)12-21(22)29(39)37(28)34-14-17-11-23(40-5-2)27(26(32)25(17)31)41-15-24(38)35-20-8-6-7-19(33)13-20/h6-14,16H,4-5,15H2,1-3H3,(H,35,38)/t16-/m1/s1. The summed E-state index contributed by atoms with van der Waals surface area (Å²) in [6.07, 6.45) is 2.31. The van der Waals surface area contributed by atoms with E-state index in [0.717, 1.165) is 10.9 Å². The topological polar surface area (TPSA) is 94.8 Å². The Labute approximate surface area is 261 Å². The van der Waals surface area contributed by atoms with E-state index in [9.17, 15) is 14.0 Å². The third-order valence-electron chi connectivity index (χ3n) is 6.11. The minimum absolute atomic E-state index is 0.0173. The van der Waals surface area contributed by atoms with Crippen molar-refractivity contribution < 1.29 is 18.7 Å². The van der Waals surface area contributed by atoms with Crippen molar-refractivity contribution in [2.75, 3.05) is 18.5 Å². The molecule has 4 aromatic rings. The predicted octanol–water partition coefficient (Wildman–Crippen LogP) is 7.64. The van der Waals surface area contributed by atoms with Crippen molar-refractivity contribution in [3.05, 3.63) is 89.5 Å². The summed E-state index contributed by atoms with van der Waals surface area (Å²) in [7, 11) is 0. The summed E-state index contributed by atoms with van der Waals surface area (Å²) in [5.41, 5.74) is 1.23. The number of amides is 1. The summed E-state index contributed by atoms with van der Waals surface area (Å²) < 4.78 is 28.2. The van der Waals surface area contributed by atoms with Gasteiger partial charge in [-0.25, -0.2) is 9.37 Å². The Hall–Kier alpha value is -3.09. The highest BCUT2D eigenvalue weighted by Gasteiger charge is 2.20. The average Bonchev–Trinajstić information content (AvgIpc) is 2.94. The molecule has 1 amide bonds. The number of ether oxygens (including phenoxy) is 2. The van der Waals surface area contributed by atoms with Crippen molar-refractivity contribution in [1.82, 2.24) is 9.66 Å². The first-order chi connectivity index (χ1) is 19.6. The fourth-order valence-corrected chi connectivity index (χ4v) is 5.19. The van der Waals surface area contributed by atoms with E-state index in [2.05, 4.69) is 58.2 Å². The van der Waals surface area contributed by atoms with Crippen LogP contribution in [0, 0.1) is 5.82 Å². The predicted molar refractivity (Wildman–Crippen MR) is 169 cm³/mol. The van der Waals surface area contributed by atoms with Gasteiger partial charge in [0, 0.05) is 26.1 Å². The molecule has 1 atom stereocenters. The van der Waals surface area contributed by atoms with Gasteiger partial charge in [-0.15, -0.1) is 0 Å². The van der Waals surface area contributed by atoms with E-state index in [4.69, 9.17) is 14.5 Å². The van der Waals surface area contributed by atoms with Gasteiger partial charge in [-0.3, -0.25) is 9.59 Å². The molecule has 1 aromatic heterocycles. The zero-order valence-electron chi connectivity index (χ0n) is 22.4. The van der Waals surface area contributed by atoms with Crippen molar-refractivity contribution in [1.29, 1.82) is 0 Å². The zero-order chi connectivity index (χ0) is 29.7. The summed E-state index contributed by atoms with van der Waals surface area (Å²) >= 11 is 10.5. The smallest absolute Gasteiger partial charge is 0.282 e. The van der Waals surface area contributed by atoms with Crippen molar-refractivity contribution in [3.8, 4) is 11.5 Å². The van der Waals surface area contributed by atoms with Crippen molar-refractivity contribution in [2.24, 2.45) is 5.10 Å². The first-order valence-corrected chi connectivity index (χ1v) is 15.1. The summed E-state index contributed by atoms with van der Waals surface area (Å²) in [6, 6.07) is 12.7. The van der Waals surface area contributed by atoms with Gasteiger partial charge >= 0.3 is 0 Å². The van der Waals surface area contributed by atoms with Crippen LogP contribution in [0.1, 0.15) is 44.5 Å². The Bertz CT molecular complexity index is 1690. The quantitative estimate of drug-likeness (QED) is 0.168. The van der Waals surface area contributed by atoms with Crippen LogP contribution in [0.2, 0.25) is 0 Å². The van der Waals surface area contributed by atoms with Crippen LogP contribution in [0.4, 0.5) is 10.1 Å². The third kappa shape index (κ3) is 7.22. The van der Waals surface area contributed by atoms with Crippen LogP contribution in [0.25, 0.3) is 10.9 Å². The molecule has 41 heavy (non-hydrogen) atoms. The number of hydrogen-bond donors (Lipinski definition) is 1. The number of nitrogens with zero attached hydrogens (tertiary/aromatic N) is 3. The monoisotopic (exact) mass is 750 g/mol. The van der Waals surface area contributed by atoms with Crippen LogP contribution in [0.5, 0.6) is 11.5 Å². The molecule has 0 aliphatic rings. The maximum Gasteiger partial charge on any atom is 0.282 e. The molecule has 0 aliphatic heterocycles. The summed E-state index contributed by atoms with van der Waals surface area (Å²) in [4.78, 5) is 30.7. The number of halogens is 4. The number of hydrogen-bond acceptors (Lipinski definition) is 6. The molecule has 3 aromatic carbocycles. The number of carbonyl (C=O) groups excluding carboxylic acids is 1. The summed E-state index contributed by atoms with van der Waals surface area (Å²) in [6.45, 7) is 5.82. The molecule has 1 heterocycles. The molecule has 0 radical (unpaired) electrons. The molecule has 0 saturated heterocycles. The van der Waals surface area contributed by atoms with Crippen LogP contribution in [0.3, 0.4) is 0 Å². The normalized spacial score (nSPS) is 12.1. The van der Waals surface area contributed by atoms with Crippen LogP contribution < -0.4 is 20.3 Å². The van der Waals surface area contributed by atoms with E-state index in [-0.39, 0.29) is 18.1 Å². The number of anilines is 1. The molecule has 8 nitrogen and oxygen atoms in total. The fourth-order valence-electron chi connectivity index (χ4n) is 3.90. The van der Waals surface area contributed by atoms with Crippen LogP contribution in [0.15, 0.2) is 71.8 Å². The molecule has 0 fully saturated rings. The summed E-state index contributed by atoms with van der Waals surface area (Å²) in [5.74, 6) is 0.248. The van der Waals surface area contributed by atoms with Crippen LogP contribution >= 0.6 is 47.8 Å². The van der Waals surface area contributed by atoms with E-state index < -0.39 is 11.7 Å². The Morgan fingerprint density at radius 1 is 1.12 bits per heavy atom. The van der Waals surface area contributed by atoms with Crippen molar-refractivity contribution >= 4 is 76.5 Å². The molecule has 0 bridgehead atoms. The van der Waals surface area contributed by atoms with Crippen molar-refractivity contribution in [3.63, 3.8) is 0 Å². The van der Waals surface area contributed by atoms with Gasteiger partial charge in [-0.2, -0.15) is 9.78 Å². The number of carbonyl (C=O) groups is 1. The maximum absolute atomic E-state index is 13.5. The molecule has 0 aliphatic carbocycles. The highest BCUT2D eigenvalue weighted by atomic mass is 79.9.